The topological polar surface area (TPSA) is 50.8 Å². The van der Waals surface area contributed by atoms with Gasteiger partial charge in [-0.05, 0) is 37.2 Å². The maximum Gasteiger partial charge on any atom is 0.245 e. The molecule has 1 spiro atoms. The minimum absolute atomic E-state index is 0.0106. The summed E-state index contributed by atoms with van der Waals surface area (Å²) >= 11 is 0. The first-order chi connectivity index (χ1) is 13.2. The Morgan fingerprint density at radius 2 is 2.04 bits per heavy atom. The first-order valence-corrected chi connectivity index (χ1v) is 10.4. The highest BCUT2D eigenvalue weighted by Gasteiger charge is 2.46. The van der Waals surface area contributed by atoms with Crippen molar-refractivity contribution in [2.75, 3.05) is 40.0 Å². The number of hydrogen-bond donors (Lipinski definition) is 1. The number of rotatable bonds is 8. The van der Waals surface area contributed by atoms with Crippen LogP contribution in [0.15, 0.2) is 24.3 Å². The normalized spacial score (nSPS) is 22.1. The zero-order chi connectivity index (χ0) is 19.1. The first kappa shape index (κ1) is 20.2. The van der Waals surface area contributed by atoms with Gasteiger partial charge < -0.3 is 14.8 Å². The zero-order valence-corrected chi connectivity index (χ0v) is 16.8. The van der Waals surface area contributed by atoms with E-state index in [0.29, 0.717) is 17.9 Å². The third kappa shape index (κ3) is 5.02. The molecular weight excluding hydrogens is 340 g/mol. The van der Waals surface area contributed by atoms with Gasteiger partial charge in [-0.15, -0.1) is 0 Å². The van der Waals surface area contributed by atoms with Crippen LogP contribution in [0, 0.1) is 11.3 Å². The van der Waals surface area contributed by atoms with Gasteiger partial charge in [-0.1, -0.05) is 37.5 Å². The zero-order valence-electron chi connectivity index (χ0n) is 16.8. The lowest BCUT2D eigenvalue weighted by molar-refractivity contribution is -0.125. The number of hydrogen-bond acceptors (Lipinski definition) is 4. The number of para-hydroxylation sites is 1. The molecule has 1 heterocycles. The highest BCUT2D eigenvalue weighted by Crippen LogP contribution is 2.47. The molecule has 3 rings (SSSR count). The van der Waals surface area contributed by atoms with Crippen molar-refractivity contribution in [1.82, 2.24) is 10.2 Å². The number of benzene rings is 1. The largest absolute Gasteiger partial charge is 0.494 e. The molecule has 1 unspecified atom stereocenters. The molecule has 1 atom stereocenters. The average molecular weight is 375 g/mol. The molecule has 0 bridgehead atoms. The maximum absolute atomic E-state index is 11.9. The predicted octanol–water partition coefficient (Wildman–Crippen LogP) is 3.23. The minimum atomic E-state index is -0.0106. The second-order valence-electron chi connectivity index (χ2n) is 8.07. The van der Waals surface area contributed by atoms with Crippen molar-refractivity contribution in [2.24, 2.45) is 11.3 Å². The number of amides is 1. The van der Waals surface area contributed by atoms with Gasteiger partial charge in [0.25, 0.3) is 0 Å². The summed E-state index contributed by atoms with van der Waals surface area (Å²) in [5, 5.41) is 3.10. The quantitative estimate of drug-likeness (QED) is 0.759. The summed E-state index contributed by atoms with van der Waals surface area (Å²) in [6.07, 6.45) is 6.53. The van der Waals surface area contributed by atoms with Gasteiger partial charge in [-0.3, -0.25) is 9.69 Å². The average Bonchev–Trinajstić information content (AvgIpc) is 2.99. The van der Waals surface area contributed by atoms with E-state index in [0.717, 1.165) is 31.9 Å². The van der Waals surface area contributed by atoms with Crippen molar-refractivity contribution in [3.05, 3.63) is 29.8 Å². The lowest BCUT2D eigenvalue weighted by atomic mass is 9.67. The molecule has 1 saturated carbocycles. The number of ether oxygens (including phenoxy) is 2. The van der Waals surface area contributed by atoms with Crippen LogP contribution in [-0.4, -0.2) is 50.8 Å². The number of carbonyl (C=O) groups is 1. The minimum Gasteiger partial charge on any atom is -0.494 e. The first-order valence-electron chi connectivity index (χ1n) is 10.4. The highest BCUT2D eigenvalue weighted by molar-refractivity contribution is 5.77. The Morgan fingerprint density at radius 1 is 1.26 bits per heavy atom. The predicted molar refractivity (Wildman–Crippen MR) is 107 cm³/mol. The molecule has 1 N–H and O–H groups in total. The molecule has 0 radical (unpaired) electrons. The third-order valence-electron chi connectivity index (χ3n) is 6.22. The van der Waals surface area contributed by atoms with E-state index in [9.17, 15) is 4.79 Å². The van der Waals surface area contributed by atoms with Gasteiger partial charge in [-0.2, -0.15) is 0 Å². The summed E-state index contributed by atoms with van der Waals surface area (Å²) in [5.74, 6) is 1.50. The van der Waals surface area contributed by atoms with E-state index in [1.165, 1.54) is 37.7 Å². The molecule has 1 aliphatic carbocycles. The molecule has 1 amide bonds. The van der Waals surface area contributed by atoms with E-state index in [4.69, 9.17) is 9.47 Å². The molecule has 0 aromatic heterocycles. The Labute approximate surface area is 163 Å². The molecule has 5 heteroatoms. The number of likely N-dealkylation sites (tertiary alicyclic amines) is 1. The van der Waals surface area contributed by atoms with Gasteiger partial charge in [0, 0.05) is 38.9 Å². The highest BCUT2D eigenvalue weighted by atomic mass is 16.5. The summed E-state index contributed by atoms with van der Waals surface area (Å²) in [6.45, 7) is 6.70. The van der Waals surface area contributed by atoms with Gasteiger partial charge in [0.1, 0.15) is 12.4 Å². The number of nitrogens with zero attached hydrogens (tertiary/aromatic N) is 1. The van der Waals surface area contributed by atoms with Crippen LogP contribution < -0.4 is 10.1 Å². The Morgan fingerprint density at radius 3 is 2.78 bits per heavy atom. The number of methoxy groups -OCH3 is 1. The van der Waals surface area contributed by atoms with Crippen LogP contribution in [0.3, 0.4) is 0 Å². The number of nitrogens with one attached hydrogen (secondary N) is 1. The second kappa shape index (κ2) is 9.56. The molecule has 1 aliphatic heterocycles. The number of carbonyl (C=O) groups excluding carboxylic acids is 1. The monoisotopic (exact) mass is 374 g/mol. The smallest absolute Gasteiger partial charge is 0.245 e. The SMILES string of the molecule is CCOc1ccccc1CN1CC(CNC(=O)COC)C2(CCCCC2)C1. The molecule has 5 nitrogen and oxygen atoms in total. The fraction of sp³-hybridized carbons (Fsp3) is 0.682. The summed E-state index contributed by atoms with van der Waals surface area (Å²) in [7, 11) is 1.56. The van der Waals surface area contributed by atoms with Crippen LogP contribution >= 0.6 is 0 Å². The van der Waals surface area contributed by atoms with Crippen LogP contribution in [0.1, 0.15) is 44.6 Å². The van der Waals surface area contributed by atoms with Gasteiger partial charge in [0.05, 0.1) is 6.61 Å². The molecule has 27 heavy (non-hydrogen) atoms. The molecule has 150 valence electrons. The Hall–Kier alpha value is -1.59. The van der Waals surface area contributed by atoms with E-state index < -0.39 is 0 Å². The van der Waals surface area contributed by atoms with Crippen molar-refractivity contribution in [3.8, 4) is 5.75 Å². The van der Waals surface area contributed by atoms with Crippen LogP contribution in [-0.2, 0) is 16.1 Å². The van der Waals surface area contributed by atoms with E-state index in [1.54, 1.807) is 7.11 Å². The van der Waals surface area contributed by atoms with Crippen LogP contribution in [0.4, 0.5) is 0 Å². The summed E-state index contributed by atoms with van der Waals surface area (Å²) < 4.78 is 10.8. The fourth-order valence-electron chi connectivity index (χ4n) is 4.96. The van der Waals surface area contributed by atoms with Crippen molar-refractivity contribution in [3.63, 3.8) is 0 Å². The maximum atomic E-state index is 11.9. The van der Waals surface area contributed by atoms with E-state index >= 15 is 0 Å². The van der Waals surface area contributed by atoms with Crippen LogP contribution in [0.2, 0.25) is 0 Å². The van der Waals surface area contributed by atoms with Crippen molar-refractivity contribution < 1.29 is 14.3 Å². The molecule has 1 aromatic carbocycles. The van der Waals surface area contributed by atoms with Gasteiger partial charge in [0.15, 0.2) is 0 Å². The Kier molecular flexibility index (Phi) is 7.13. The van der Waals surface area contributed by atoms with E-state index in [2.05, 4.69) is 28.4 Å². The summed E-state index contributed by atoms with van der Waals surface area (Å²) in [4.78, 5) is 14.5. The van der Waals surface area contributed by atoms with Gasteiger partial charge in [-0.25, -0.2) is 0 Å². The standard InChI is InChI=1S/C22H34N2O3/c1-3-27-20-10-6-5-9-18(20)14-24-15-19(13-23-21(25)16-26-2)22(17-24)11-7-4-8-12-22/h5-6,9-10,19H,3-4,7-8,11-17H2,1-2H3,(H,23,25). The lowest BCUT2D eigenvalue weighted by Crippen LogP contribution is -2.40. The van der Waals surface area contributed by atoms with Gasteiger partial charge >= 0.3 is 0 Å². The van der Waals surface area contributed by atoms with Crippen molar-refractivity contribution in [2.45, 2.75) is 45.6 Å². The van der Waals surface area contributed by atoms with Crippen LogP contribution in [0.25, 0.3) is 0 Å². The fourth-order valence-corrected chi connectivity index (χ4v) is 4.96. The van der Waals surface area contributed by atoms with Crippen LogP contribution in [0.5, 0.6) is 5.75 Å². The molecule has 1 aromatic rings. The Balaban J connectivity index is 1.68. The van der Waals surface area contributed by atoms with Crippen molar-refractivity contribution in [1.29, 1.82) is 0 Å². The van der Waals surface area contributed by atoms with Crippen molar-refractivity contribution >= 4 is 5.91 Å². The molecular formula is C22H34N2O3. The second-order valence-corrected chi connectivity index (χ2v) is 8.07. The van der Waals surface area contributed by atoms with Gasteiger partial charge in [0.2, 0.25) is 5.91 Å². The summed E-state index contributed by atoms with van der Waals surface area (Å²) in [5.41, 5.74) is 1.61. The molecule has 2 aliphatic rings. The van der Waals surface area contributed by atoms with E-state index in [-0.39, 0.29) is 12.5 Å². The molecule has 1 saturated heterocycles. The summed E-state index contributed by atoms with van der Waals surface area (Å²) in [6, 6.07) is 8.36. The molecule has 2 fully saturated rings. The van der Waals surface area contributed by atoms with E-state index in [1.807, 2.05) is 13.0 Å². The Bertz CT molecular complexity index is 613. The third-order valence-corrected chi connectivity index (χ3v) is 6.22. The lowest BCUT2D eigenvalue weighted by Gasteiger charge is -2.38.